The van der Waals surface area contributed by atoms with Gasteiger partial charge >= 0.3 is 0 Å². The normalized spacial score (nSPS) is 20.0. The molecule has 0 radical (unpaired) electrons. The molecule has 0 amide bonds. The minimum absolute atomic E-state index is 0.0756. The maximum absolute atomic E-state index is 12.4. The number of ether oxygens (including phenoxy) is 1. The van der Waals surface area contributed by atoms with Gasteiger partial charge in [-0.05, 0) is 25.3 Å². The second-order valence-electron chi connectivity index (χ2n) is 5.74. The highest BCUT2D eigenvalue weighted by atomic mass is 19.3. The molecule has 1 rings (SSSR count). The molecule has 1 heterocycles. The summed E-state index contributed by atoms with van der Waals surface area (Å²) in [5.41, 5.74) is 0.0756. The molecule has 1 fully saturated rings. The zero-order valence-corrected chi connectivity index (χ0v) is 11.7. The monoisotopic (exact) mass is 264 g/mol. The van der Waals surface area contributed by atoms with Crippen LogP contribution in [0.25, 0.3) is 0 Å². The summed E-state index contributed by atoms with van der Waals surface area (Å²) in [6, 6.07) is 0.421. The predicted octanol–water partition coefficient (Wildman–Crippen LogP) is 1.98. The van der Waals surface area contributed by atoms with Crippen LogP contribution in [0.3, 0.4) is 0 Å². The van der Waals surface area contributed by atoms with E-state index in [9.17, 15) is 8.78 Å². The summed E-state index contributed by atoms with van der Waals surface area (Å²) in [6.07, 6.45) is -0.370. The Bertz CT molecular complexity index is 231. The molecule has 0 atom stereocenters. The van der Waals surface area contributed by atoms with Crippen LogP contribution >= 0.6 is 0 Å². The highest BCUT2D eigenvalue weighted by Crippen LogP contribution is 2.31. The number of hydrogen-bond donors (Lipinski definition) is 1. The van der Waals surface area contributed by atoms with Gasteiger partial charge in [-0.2, -0.15) is 0 Å². The van der Waals surface area contributed by atoms with Gasteiger partial charge < -0.3 is 15.0 Å². The highest BCUT2D eigenvalue weighted by Gasteiger charge is 2.34. The summed E-state index contributed by atoms with van der Waals surface area (Å²) >= 11 is 0. The number of hydrogen-bond acceptors (Lipinski definition) is 3. The van der Waals surface area contributed by atoms with Crippen molar-refractivity contribution in [3.63, 3.8) is 0 Å². The Hall–Kier alpha value is -0.260. The van der Waals surface area contributed by atoms with Crippen molar-refractivity contribution in [3.05, 3.63) is 0 Å². The molecule has 0 aliphatic carbocycles. The Morgan fingerprint density at radius 1 is 1.28 bits per heavy atom. The average molecular weight is 264 g/mol. The molecule has 0 spiro atoms. The Morgan fingerprint density at radius 3 is 2.39 bits per heavy atom. The fourth-order valence-corrected chi connectivity index (χ4v) is 2.49. The van der Waals surface area contributed by atoms with Crippen LogP contribution in [0.2, 0.25) is 0 Å². The van der Waals surface area contributed by atoms with Gasteiger partial charge in [0.15, 0.2) is 0 Å². The van der Waals surface area contributed by atoms with E-state index >= 15 is 0 Å². The Kier molecular flexibility index (Phi) is 6.46. The van der Waals surface area contributed by atoms with Gasteiger partial charge in [0.1, 0.15) is 0 Å². The Morgan fingerprint density at radius 2 is 1.89 bits per heavy atom. The molecule has 1 aliphatic rings. The minimum atomic E-state index is -2.26. The average Bonchev–Trinajstić information content (AvgIpc) is 2.26. The van der Waals surface area contributed by atoms with Crippen LogP contribution in [0.1, 0.15) is 26.7 Å². The summed E-state index contributed by atoms with van der Waals surface area (Å²) in [5, 5.41) is 3.44. The summed E-state index contributed by atoms with van der Waals surface area (Å²) < 4.78 is 30.2. The SMILES string of the molecule is CC(C)NCC1(CN(C)CC(F)F)CCOCC1. The molecular weight excluding hydrogens is 238 g/mol. The van der Waals surface area contributed by atoms with Gasteiger partial charge in [-0.3, -0.25) is 0 Å². The van der Waals surface area contributed by atoms with E-state index in [0.717, 1.165) is 32.6 Å². The van der Waals surface area contributed by atoms with E-state index in [1.165, 1.54) is 0 Å². The van der Waals surface area contributed by atoms with Gasteiger partial charge in [0.05, 0.1) is 6.54 Å². The lowest BCUT2D eigenvalue weighted by molar-refractivity contribution is -0.00969. The van der Waals surface area contributed by atoms with Gasteiger partial charge in [0.2, 0.25) is 0 Å². The first-order valence-electron chi connectivity index (χ1n) is 6.71. The van der Waals surface area contributed by atoms with Gasteiger partial charge in [-0.25, -0.2) is 8.78 Å². The van der Waals surface area contributed by atoms with Crippen molar-refractivity contribution in [2.75, 3.05) is 39.9 Å². The largest absolute Gasteiger partial charge is 0.381 e. The minimum Gasteiger partial charge on any atom is -0.381 e. The zero-order valence-electron chi connectivity index (χ0n) is 11.7. The third kappa shape index (κ3) is 5.59. The fraction of sp³-hybridized carbons (Fsp3) is 1.00. The first-order chi connectivity index (χ1) is 8.43. The first kappa shape index (κ1) is 15.8. The van der Waals surface area contributed by atoms with Crippen LogP contribution in [0.15, 0.2) is 0 Å². The molecule has 0 saturated carbocycles. The topological polar surface area (TPSA) is 24.5 Å². The summed E-state index contributed by atoms with van der Waals surface area (Å²) in [5.74, 6) is 0. The van der Waals surface area contributed by atoms with Gasteiger partial charge in [0, 0.05) is 32.3 Å². The molecule has 3 nitrogen and oxygen atoms in total. The van der Waals surface area contributed by atoms with Crippen molar-refractivity contribution in [2.45, 2.75) is 39.2 Å². The van der Waals surface area contributed by atoms with Gasteiger partial charge in [-0.1, -0.05) is 13.8 Å². The van der Waals surface area contributed by atoms with Crippen LogP contribution in [0.4, 0.5) is 8.78 Å². The van der Waals surface area contributed by atoms with E-state index in [-0.39, 0.29) is 12.0 Å². The van der Waals surface area contributed by atoms with Crippen LogP contribution in [0.5, 0.6) is 0 Å². The first-order valence-corrected chi connectivity index (χ1v) is 6.71. The van der Waals surface area contributed by atoms with Crippen LogP contribution in [-0.4, -0.2) is 57.3 Å². The number of nitrogens with zero attached hydrogens (tertiary/aromatic N) is 1. The maximum atomic E-state index is 12.4. The summed E-state index contributed by atoms with van der Waals surface area (Å²) in [4.78, 5) is 1.75. The lowest BCUT2D eigenvalue weighted by Crippen LogP contribution is -2.48. The van der Waals surface area contributed by atoms with Crippen LogP contribution in [0, 0.1) is 5.41 Å². The van der Waals surface area contributed by atoms with Crippen molar-refractivity contribution in [1.29, 1.82) is 0 Å². The molecular formula is C13H26F2N2O. The van der Waals surface area contributed by atoms with Gasteiger partial charge in [-0.15, -0.1) is 0 Å². The third-order valence-corrected chi connectivity index (χ3v) is 3.49. The smallest absolute Gasteiger partial charge is 0.251 e. The molecule has 108 valence electrons. The number of nitrogens with one attached hydrogen (secondary N) is 1. The third-order valence-electron chi connectivity index (χ3n) is 3.49. The predicted molar refractivity (Wildman–Crippen MR) is 69.1 cm³/mol. The van der Waals surface area contributed by atoms with Crippen molar-refractivity contribution >= 4 is 0 Å². The molecule has 18 heavy (non-hydrogen) atoms. The second kappa shape index (κ2) is 7.36. The molecule has 0 aromatic carbocycles. The van der Waals surface area contributed by atoms with E-state index < -0.39 is 6.43 Å². The number of rotatable bonds is 7. The van der Waals surface area contributed by atoms with Crippen molar-refractivity contribution < 1.29 is 13.5 Å². The Labute approximate surface area is 109 Å². The Balaban J connectivity index is 2.53. The quantitative estimate of drug-likeness (QED) is 0.761. The van der Waals surface area contributed by atoms with Gasteiger partial charge in [0.25, 0.3) is 6.43 Å². The molecule has 1 aliphatic heterocycles. The number of halogens is 2. The standard InChI is InChI=1S/C13H26F2N2O/c1-11(2)16-9-13(4-6-18-7-5-13)10-17(3)8-12(14)15/h11-12,16H,4-10H2,1-3H3. The van der Waals surface area contributed by atoms with E-state index in [4.69, 9.17) is 4.74 Å². The van der Waals surface area contributed by atoms with E-state index in [2.05, 4.69) is 19.2 Å². The van der Waals surface area contributed by atoms with Crippen LogP contribution < -0.4 is 5.32 Å². The highest BCUT2D eigenvalue weighted by molar-refractivity contribution is 4.87. The number of alkyl halides is 2. The van der Waals surface area contributed by atoms with Crippen LogP contribution in [-0.2, 0) is 4.74 Å². The zero-order chi connectivity index (χ0) is 13.6. The molecule has 0 aromatic rings. The molecule has 1 N–H and O–H groups in total. The van der Waals surface area contributed by atoms with Crippen molar-refractivity contribution in [2.24, 2.45) is 5.41 Å². The lowest BCUT2D eigenvalue weighted by Gasteiger charge is -2.40. The van der Waals surface area contributed by atoms with Crippen molar-refractivity contribution in [1.82, 2.24) is 10.2 Å². The van der Waals surface area contributed by atoms with E-state index in [1.807, 2.05) is 0 Å². The molecule has 1 saturated heterocycles. The molecule has 5 heteroatoms. The molecule has 0 aromatic heterocycles. The van der Waals surface area contributed by atoms with E-state index in [1.54, 1.807) is 11.9 Å². The second-order valence-corrected chi connectivity index (χ2v) is 5.74. The summed E-state index contributed by atoms with van der Waals surface area (Å²) in [6.45, 7) is 7.13. The lowest BCUT2D eigenvalue weighted by atomic mass is 9.79. The molecule has 0 bridgehead atoms. The maximum Gasteiger partial charge on any atom is 0.251 e. The molecule has 0 unspecified atom stereocenters. The van der Waals surface area contributed by atoms with E-state index in [0.29, 0.717) is 12.6 Å². The fourth-order valence-electron chi connectivity index (χ4n) is 2.49. The summed E-state index contributed by atoms with van der Waals surface area (Å²) in [7, 11) is 1.78. The van der Waals surface area contributed by atoms with Crippen molar-refractivity contribution in [3.8, 4) is 0 Å².